The third-order valence-electron chi connectivity index (χ3n) is 4.46. The first-order valence-corrected chi connectivity index (χ1v) is 8.76. The summed E-state index contributed by atoms with van der Waals surface area (Å²) in [6.45, 7) is 0.912. The molecule has 0 spiro atoms. The number of ether oxygens (including phenoxy) is 1. The fourth-order valence-electron chi connectivity index (χ4n) is 3.02. The van der Waals surface area contributed by atoms with Crippen molar-refractivity contribution in [3.8, 4) is 5.75 Å². The summed E-state index contributed by atoms with van der Waals surface area (Å²) in [5.41, 5.74) is 2.13. The summed E-state index contributed by atoms with van der Waals surface area (Å²) >= 11 is 0. The number of amides is 1. The standard InChI is InChI=1S/C22H24N2O2/c1-24(20-12-11-17-7-3-4-9-19(17)15-20)16-22(25)23-14-13-18-8-5-6-10-21(18)26-2/h3-12,15H,13-14,16H2,1-2H3,(H,23,25). The number of hydrogen-bond acceptors (Lipinski definition) is 3. The van der Waals surface area contributed by atoms with Gasteiger partial charge in [-0.1, -0.05) is 48.5 Å². The van der Waals surface area contributed by atoms with Crippen molar-refractivity contribution in [1.82, 2.24) is 5.32 Å². The van der Waals surface area contributed by atoms with E-state index in [4.69, 9.17) is 4.74 Å². The minimum Gasteiger partial charge on any atom is -0.496 e. The molecule has 0 radical (unpaired) electrons. The highest BCUT2D eigenvalue weighted by molar-refractivity contribution is 5.87. The van der Waals surface area contributed by atoms with Crippen molar-refractivity contribution in [3.05, 3.63) is 72.3 Å². The Hall–Kier alpha value is -3.01. The molecule has 26 heavy (non-hydrogen) atoms. The molecule has 1 amide bonds. The molecule has 0 aliphatic carbocycles. The third-order valence-corrected chi connectivity index (χ3v) is 4.46. The Morgan fingerprint density at radius 2 is 1.73 bits per heavy atom. The maximum absolute atomic E-state index is 12.3. The lowest BCUT2D eigenvalue weighted by Gasteiger charge is -2.19. The van der Waals surface area contributed by atoms with Crippen molar-refractivity contribution in [2.45, 2.75) is 6.42 Å². The van der Waals surface area contributed by atoms with E-state index in [2.05, 4.69) is 29.6 Å². The van der Waals surface area contributed by atoms with Gasteiger partial charge in [0.2, 0.25) is 5.91 Å². The van der Waals surface area contributed by atoms with Gasteiger partial charge >= 0.3 is 0 Å². The van der Waals surface area contributed by atoms with E-state index >= 15 is 0 Å². The first kappa shape index (κ1) is 17.8. The second-order valence-electron chi connectivity index (χ2n) is 6.30. The van der Waals surface area contributed by atoms with Crippen molar-refractivity contribution in [2.24, 2.45) is 0 Å². The number of nitrogens with zero attached hydrogens (tertiary/aromatic N) is 1. The molecule has 0 bridgehead atoms. The Labute approximate surface area is 154 Å². The van der Waals surface area contributed by atoms with E-state index in [0.29, 0.717) is 13.1 Å². The average Bonchev–Trinajstić information content (AvgIpc) is 2.68. The van der Waals surface area contributed by atoms with Crippen LogP contribution in [0.4, 0.5) is 5.69 Å². The van der Waals surface area contributed by atoms with Gasteiger partial charge < -0.3 is 15.0 Å². The van der Waals surface area contributed by atoms with E-state index < -0.39 is 0 Å². The summed E-state index contributed by atoms with van der Waals surface area (Å²) in [5.74, 6) is 0.866. The summed E-state index contributed by atoms with van der Waals surface area (Å²) in [4.78, 5) is 14.2. The van der Waals surface area contributed by atoms with Crippen LogP contribution in [0, 0.1) is 0 Å². The predicted octanol–water partition coefficient (Wildman–Crippen LogP) is 3.64. The summed E-state index contributed by atoms with van der Waals surface area (Å²) in [6.07, 6.45) is 0.745. The Morgan fingerprint density at radius 1 is 1.00 bits per heavy atom. The molecule has 1 N–H and O–H groups in total. The largest absolute Gasteiger partial charge is 0.496 e. The summed E-state index contributed by atoms with van der Waals surface area (Å²) < 4.78 is 5.34. The molecule has 0 unspecified atom stereocenters. The van der Waals surface area contributed by atoms with Crippen LogP contribution in [0.1, 0.15) is 5.56 Å². The minimum atomic E-state index is 0.00977. The zero-order chi connectivity index (χ0) is 18.4. The number of rotatable bonds is 7. The Kier molecular flexibility index (Phi) is 5.74. The minimum absolute atomic E-state index is 0.00977. The van der Waals surface area contributed by atoms with Gasteiger partial charge in [-0.3, -0.25) is 4.79 Å². The number of carbonyl (C=O) groups is 1. The summed E-state index contributed by atoms with van der Waals surface area (Å²) in [5, 5.41) is 5.36. The fraction of sp³-hybridized carbons (Fsp3) is 0.227. The Bertz CT molecular complexity index is 892. The number of likely N-dealkylation sites (N-methyl/N-ethyl adjacent to an activating group) is 1. The van der Waals surface area contributed by atoms with E-state index in [9.17, 15) is 4.79 Å². The molecule has 3 aromatic rings. The number of benzene rings is 3. The van der Waals surface area contributed by atoms with Crippen LogP contribution in [0.15, 0.2) is 66.7 Å². The van der Waals surface area contributed by atoms with Gasteiger partial charge in [0.1, 0.15) is 5.75 Å². The lowest BCUT2D eigenvalue weighted by molar-refractivity contribution is -0.119. The lowest BCUT2D eigenvalue weighted by atomic mass is 10.1. The number of fused-ring (bicyclic) bond motifs is 1. The van der Waals surface area contributed by atoms with Gasteiger partial charge in [0.15, 0.2) is 0 Å². The molecule has 0 fully saturated rings. The number of para-hydroxylation sites is 1. The topological polar surface area (TPSA) is 41.6 Å². The number of carbonyl (C=O) groups excluding carboxylic acids is 1. The highest BCUT2D eigenvalue weighted by Gasteiger charge is 2.08. The monoisotopic (exact) mass is 348 g/mol. The number of methoxy groups -OCH3 is 1. The van der Waals surface area contributed by atoms with Crippen LogP contribution in [0.25, 0.3) is 10.8 Å². The van der Waals surface area contributed by atoms with Crippen LogP contribution >= 0.6 is 0 Å². The molecule has 0 saturated heterocycles. The van der Waals surface area contributed by atoms with Gasteiger partial charge in [0.05, 0.1) is 13.7 Å². The Balaban J connectivity index is 1.53. The molecule has 0 saturated carbocycles. The molecule has 134 valence electrons. The quantitative estimate of drug-likeness (QED) is 0.709. The van der Waals surface area contributed by atoms with Crippen LogP contribution in [0.3, 0.4) is 0 Å². The maximum Gasteiger partial charge on any atom is 0.239 e. The fourth-order valence-corrected chi connectivity index (χ4v) is 3.02. The van der Waals surface area contributed by atoms with Crippen molar-refractivity contribution in [3.63, 3.8) is 0 Å². The van der Waals surface area contributed by atoms with Gasteiger partial charge in [0.25, 0.3) is 0 Å². The summed E-state index contributed by atoms with van der Waals surface area (Å²) in [7, 11) is 3.60. The zero-order valence-corrected chi connectivity index (χ0v) is 15.2. The molecular formula is C22H24N2O2. The molecule has 0 atom stereocenters. The summed E-state index contributed by atoms with van der Waals surface area (Å²) in [6, 6.07) is 22.3. The van der Waals surface area contributed by atoms with E-state index in [1.54, 1.807) is 7.11 Å². The average molecular weight is 348 g/mol. The molecule has 4 nitrogen and oxygen atoms in total. The molecule has 0 aromatic heterocycles. The van der Waals surface area contributed by atoms with Gasteiger partial charge in [-0.2, -0.15) is 0 Å². The van der Waals surface area contributed by atoms with Gasteiger partial charge in [-0.15, -0.1) is 0 Å². The van der Waals surface area contributed by atoms with Gasteiger partial charge in [0, 0.05) is 19.3 Å². The zero-order valence-electron chi connectivity index (χ0n) is 15.2. The van der Waals surface area contributed by atoms with Crippen molar-refractivity contribution < 1.29 is 9.53 Å². The van der Waals surface area contributed by atoms with Crippen LogP contribution in [0.5, 0.6) is 5.75 Å². The SMILES string of the molecule is COc1ccccc1CCNC(=O)CN(C)c1ccc2ccccc2c1. The molecule has 0 aliphatic rings. The lowest BCUT2D eigenvalue weighted by Crippen LogP contribution is -2.36. The molecular weight excluding hydrogens is 324 g/mol. The van der Waals surface area contributed by atoms with E-state index in [1.165, 1.54) is 10.8 Å². The second-order valence-corrected chi connectivity index (χ2v) is 6.30. The number of hydrogen-bond donors (Lipinski definition) is 1. The highest BCUT2D eigenvalue weighted by atomic mass is 16.5. The van der Waals surface area contributed by atoms with E-state index in [0.717, 1.165) is 23.4 Å². The van der Waals surface area contributed by atoms with Crippen LogP contribution < -0.4 is 15.0 Å². The second kappa shape index (κ2) is 8.39. The van der Waals surface area contributed by atoms with E-state index in [1.807, 2.05) is 54.4 Å². The smallest absolute Gasteiger partial charge is 0.239 e. The first-order chi connectivity index (χ1) is 12.7. The predicted molar refractivity (Wildman–Crippen MR) is 107 cm³/mol. The van der Waals surface area contributed by atoms with Gasteiger partial charge in [-0.05, 0) is 41.0 Å². The van der Waals surface area contributed by atoms with Crippen molar-refractivity contribution >= 4 is 22.4 Å². The molecule has 0 aliphatic heterocycles. The van der Waals surface area contributed by atoms with Gasteiger partial charge in [-0.25, -0.2) is 0 Å². The molecule has 0 heterocycles. The third kappa shape index (κ3) is 4.33. The maximum atomic E-state index is 12.3. The number of anilines is 1. The van der Waals surface area contributed by atoms with Crippen molar-refractivity contribution in [2.75, 3.05) is 32.1 Å². The normalized spacial score (nSPS) is 10.5. The first-order valence-electron chi connectivity index (χ1n) is 8.76. The molecule has 4 heteroatoms. The van der Waals surface area contributed by atoms with Crippen LogP contribution in [-0.4, -0.2) is 33.2 Å². The van der Waals surface area contributed by atoms with Crippen LogP contribution in [-0.2, 0) is 11.2 Å². The van der Waals surface area contributed by atoms with Crippen LogP contribution in [0.2, 0.25) is 0 Å². The Morgan fingerprint density at radius 3 is 2.54 bits per heavy atom. The molecule has 3 aromatic carbocycles. The highest BCUT2D eigenvalue weighted by Crippen LogP contribution is 2.21. The number of nitrogens with one attached hydrogen (secondary N) is 1. The molecule has 3 rings (SSSR count). The van der Waals surface area contributed by atoms with Crippen molar-refractivity contribution in [1.29, 1.82) is 0 Å². The van der Waals surface area contributed by atoms with E-state index in [-0.39, 0.29) is 5.91 Å².